The number of aliphatic hydroxyl groups is 1. The molecule has 3 aromatic rings. The fourth-order valence-corrected chi connectivity index (χ4v) is 4.74. The molecule has 0 aromatic heterocycles. The van der Waals surface area contributed by atoms with Crippen LogP contribution in [0.2, 0.25) is 0 Å². The maximum Gasteiger partial charge on any atom is 0.411 e. The summed E-state index contributed by atoms with van der Waals surface area (Å²) in [5.41, 5.74) is 5.20. The molecule has 3 N–H and O–H groups in total. The minimum Gasteiger partial charge on any atom is -0.446 e. The molecule has 0 unspecified atom stereocenters. The second-order valence-electron chi connectivity index (χ2n) is 10.6. The lowest BCUT2D eigenvalue weighted by Crippen LogP contribution is -2.48. The molecule has 200 valence electrons. The van der Waals surface area contributed by atoms with Crippen molar-refractivity contribution in [3.05, 3.63) is 83.9 Å². The van der Waals surface area contributed by atoms with Crippen LogP contribution in [0.5, 0.6) is 0 Å². The first-order chi connectivity index (χ1) is 18.3. The van der Waals surface area contributed by atoms with E-state index in [0.717, 1.165) is 52.7 Å². The van der Waals surface area contributed by atoms with E-state index in [2.05, 4.69) is 24.7 Å². The van der Waals surface area contributed by atoms with Gasteiger partial charge >= 0.3 is 6.09 Å². The molecule has 0 atom stereocenters. The number of anilines is 2. The summed E-state index contributed by atoms with van der Waals surface area (Å²) in [5, 5.41) is 15.0. The van der Waals surface area contributed by atoms with E-state index in [0.29, 0.717) is 30.6 Å². The summed E-state index contributed by atoms with van der Waals surface area (Å²) in [7, 11) is 4.40. The van der Waals surface area contributed by atoms with Crippen molar-refractivity contribution in [1.82, 2.24) is 0 Å². The maximum atomic E-state index is 12.8. The van der Waals surface area contributed by atoms with Crippen molar-refractivity contribution < 1.29 is 23.9 Å². The van der Waals surface area contributed by atoms with Gasteiger partial charge in [0.25, 0.3) is 0 Å². The lowest BCUT2D eigenvalue weighted by molar-refractivity contribution is -0.896. The van der Waals surface area contributed by atoms with Crippen LogP contribution in [0.1, 0.15) is 36.8 Å². The number of nitrogens with one attached hydrogen (secondary N) is 2. The van der Waals surface area contributed by atoms with Gasteiger partial charge in [-0.05, 0) is 47.7 Å². The Morgan fingerprint density at radius 3 is 2.29 bits per heavy atom. The third kappa shape index (κ3) is 7.91. The van der Waals surface area contributed by atoms with Gasteiger partial charge in [0.15, 0.2) is 0 Å². The van der Waals surface area contributed by atoms with E-state index in [9.17, 15) is 9.59 Å². The highest BCUT2D eigenvalue weighted by atomic mass is 16.6. The van der Waals surface area contributed by atoms with Crippen LogP contribution in [0.3, 0.4) is 0 Å². The third-order valence-electron chi connectivity index (χ3n) is 7.08. The van der Waals surface area contributed by atoms with Gasteiger partial charge in [0, 0.05) is 30.5 Å². The number of piperidine rings is 1. The zero-order valence-corrected chi connectivity index (χ0v) is 22.3. The Balaban J connectivity index is 1.37. The lowest BCUT2D eigenvalue weighted by atomic mass is 9.99. The quantitative estimate of drug-likeness (QED) is 0.323. The highest BCUT2D eigenvalue weighted by Crippen LogP contribution is 2.30. The van der Waals surface area contributed by atoms with E-state index >= 15 is 0 Å². The molecular formula is C31H38N3O4+. The molecule has 1 aliphatic rings. The largest absolute Gasteiger partial charge is 0.446 e. The van der Waals surface area contributed by atoms with E-state index in [4.69, 9.17) is 9.84 Å². The van der Waals surface area contributed by atoms with Gasteiger partial charge in [-0.3, -0.25) is 10.1 Å². The van der Waals surface area contributed by atoms with Crippen molar-refractivity contribution in [2.45, 2.75) is 44.8 Å². The Bertz CT molecular complexity index is 1220. The summed E-state index contributed by atoms with van der Waals surface area (Å²) >= 11 is 0. The molecule has 1 saturated heterocycles. The van der Waals surface area contributed by atoms with Crippen LogP contribution < -0.4 is 10.6 Å². The van der Waals surface area contributed by atoms with E-state index in [1.165, 1.54) is 0 Å². The standard InChI is InChI=1S/C31H37N3O4/c1-34(2)19-17-27(18-20-34)38-31(37)33-29-21-23(13-16-28(29)25-8-4-3-5-9-25)7-6-10-30(36)32-26-14-11-24(22-35)12-15-26/h3-5,8-9,11-16,21,27,35H,6-7,10,17-20,22H2,1-2H3,(H-,32,33,36,37)/p+1. The third-order valence-corrected chi connectivity index (χ3v) is 7.08. The number of benzene rings is 3. The predicted octanol–water partition coefficient (Wildman–Crippen LogP) is 5.59. The van der Waals surface area contributed by atoms with Crippen molar-refractivity contribution >= 4 is 23.4 Å². The molecule has 3 aromatic carbocycles. The van der Waals surface area contributed by atoms with E-state index in [-0.39, 0.29) is 18.6 Å². The molecule has 0 spiro atoms. The molecule has 0 radical (unpaired) electrons. The Morgan fingerprint density at radius 1 is 0.921 bits per heavy atom. The average Bonchev–Trinajstić information content (AvgIpc) is 2.91. The number of rotatable bonds is 9. The van der Waals surface area contributed by atoms with Gasteiger partial charge in [0.2, 0.25) is 5.91 Å². The molecule has 0 bridgehead atoms. The van der Waals surface area contributed by atoms with Crippen molar-refractivity contribution in [3.8, 4) is 11.1 Å². The second kappa shape index (κ2) is 12.7. The van der Waals surface area contributed by atoms with Crippen LogP contribution in [0.15, 0.2) is 72.8 Å². The normalized spacial score (nSPS) is 15.0. The smallest absolute Gasteiger partial charge is 0.411 e. The molecule has 1 heterocycles. The zero-order chi connectivity index (χ0) is 27.0. The number of hydrogen-bond acceptors (Lipinski definition) is 4. The molecule has 0 saturated carbocycles. The van der Waals surface area contributed by atoms with E-state index < -0.39 is 6.09 Å². The van der Waals surface area contributed by atoms with Gasteiger partial charge in [0.05, 0.1) is 39.5 Å². The first-order valence-corrected chi connectivity index (χ1v) is 13.3. The molecule has 4 rings (SSSR count). The highest BCUT2D eigenvalue weighted by Gasteiger charge is 2.28. The van der Waals surface area contributed by atoms with Crippen LogP contribution in [0.4, 0.5) is 16.2 Å². The first kappa shape index (κ1) is 27.4. The van der Waals surface area contributed by atoms with Crippen LogP contribution >= 0.6 is 0 Å². The van der Waals surface area contributed by atoms with Crippen molar-refractivity contribution in [3.63, 3.8) is 0 Å². The number of hydrogen-bond donors (Lipinski definition) is 3. The predicted molar refractivity (Wildman–Crippen MR) is 151 cm³/mol. The molecule has 2 amide bonds. The summed E-state index contributed by atoms with van der Waals surface area (Å²) in [6.07, 6.45) is 2.98. The molecule has 1 aliphatic heterocycles. The van der Waals surface area contributed by atoms with Crippen LogP contribution in [0, 0.1) is 0 Å². The van der Waals surface area contributed by atoms with Gasteiger partial charge in [-0.15, -0.1) is 0 Å². The Labute approximate surface area is 225 Å². The second-order valence-corrected chi connectivity index (χ2v) is 10.6. The van der Waals surface area contributed by atoms with Gasteiger partial charge in [0.1, 0.15) is 6.10 Å². The fraction of sp³-hybridized carbons (Fsp3) is 0.355. The van der Waals surface area contributed by atoms with E-state index in [1.54, 1.807) is 24.3 Å². The molecular weight excluding hydrogens is 478 g/mol. The summed E-state index contributed by atoms with van der Waals surface area (Å²) in [4.78, 5) is 25.3. The number of carbonyl (C=O) groups is 2. The number of ether oxygens (including phenoxy) is 1. The van der Waals surface area contributed by atoms with Gasteiger partial charge in [-0.25, -0.2) is 4.79 Å². The first-order valence-electron chi connectivity index (χ1n) is 13.3. The van der Waals surface area contributed by atoms with Gasteiger partial charge in [-0.2, -0.15) is 0 Å². The number of carbonyl (C=O) groups excluding carboxylic acids is 2. The lowest BCUT2D eigenvalue weighted by Gasteiger charge is -2.36. The van der Waals surface area contributed by atoms with Crippen LogP contribution in [-0.2, 0) is 22.6 Å². The number of quaternary nitrogens is 1. The average molecular weight is 517 g/mol. The Kier molecular flexibility index (Phi) is 9.15. The molecule has 7 heteroatoms. The SMILES string of the molecule is C[N+]1(C)CCC(OC(=O)Nc2cc(CCCC(=O)Nc3ccc(CO)cc3)ccc2-c2ccccc2)CC1. The van der Waals surface area contributed by atoms with Crippen molar-refractivity contribution in [1.29, 1.82) is 0 Å². The number of amides is 2. The zero-order valence-electron chi connectivity index (χ0n) is 22.3. The Hall–Kier alpha value is -3.68. The van der Waals surface area contributed by atoms with E-state index in [1.807, 2.05) is 48.5 Å². The monoisotopic (exact) mass is 516 g/mol. The molecule has 1 fully saturated rings. The van der Waals surface area contributed by atoms with Crippen LogP contribution in [-0.4, -0.2) is 54.9 Å². The topological polar surface area (TPSA) is 87.7 Å². The molecule has 7 nitrogen and oxygen atoms in total. The number of likely N-dealkylation sites (tertiary alicyclic amines) is 1. The summed E-state index contributed by atoms with van der Waals surface area (Å²) in [6.45, 7) is 1.96. The molecule has 0 aliphatic carbocycles. The summed E-state index contributed by atoms with van der Waals surface area (Å²) in [6, 6.07) is 23.2. The minimum absolute atomic E-state index is 0.0237. The van der Waals surface area contributed by atoms with Crippen molar-refractivity contribution in [2.24, 2.45) is 0 Å². The number of aliphatic hydroxyl groups excluding tert-OH is 1. The van der Waals surface area contributed by atoms with Gasteiger partial charge in [-0.1, -0.05) is 54.6 Å². The number of aryl methyl sites for hydroxylation is 1. The highest BCUT2D eigenvalue weighted by molar-refractivity contribution is 5.92. The minimum atomic E-state index is -0.428. The van der Waals surface area contributed by atoms with Gasteiger partial charge < -0.3 is 19.6 Å². The Morgan fingerprint density at radius 2 is 1.61 bits per heavy atom. The summed E-state index contributed by atoms with van der Waals surface area (Å²) < 4.78 is 6.73. The summed E-state index contributed by atoms with van der Waals surface area (Å²) in [5.74, 6) is -0.0566. The molecule has 38 heavy (non-hydrogen) atoms. The van der Waals surface area contributed by atoms with Crippen LogP contribution in [0.25, 0.3) is 11.1 Å². The fourth-order valence-electron chi connectivity index (χ4n) is 4.74. The number of nitrogens with zero attached hydrogens (tertiary/aromatic N) is 1. The van der Waals surface area contributed by atoms with Crippen molar-refractivity contribution in [2.75, 3.05) is 37.8 Å². The maximum absolute atomic E-state index is 12.8.